The topological polar surface area (TPSA) is 58.6 Å². The highest BCUT2D eigenvalue weighted by Gasteiger charge is 2.29. The summed E-state index contributed by atoms with van der Waals surface area (Å²) in [5.41, 5.74) is 3.11. The minimum absolute atomic E-state index is 0.106. The number of carbonyl (C=O) groups excluding carboxylic acids is 2. The standard InChI is InChI=1S/C25H34N2O3/c1-6-22(25(29)26-15-18(2)3)27(16-21-12-8-7-9-13-21)24(28)17-30-23-14-10-11-19(4)20(23)5/h7-14,18,22H,6,15-17H2,1-5H3,(H,26,29)/t22-/m0/s1. The van der Waals surface area contributed by atoms with Gasteiger partial charge in [-0.2, -0.15) is 0 Å². The van der Waals surface area contributed by atoms with E-state index in [-0.39, 0.29) is 18.4 Å². The van der Waals surface area contributed by atoms with Crippen LogP contribution < -0.4 is 10.1 Å². The molecule has 1 N–H and O–H groups in total. The monoisotopic (exact) mass is 410 g/mol. The molecule has 0 radical (unpaired) electrons. The molecule has 0 aliphatic heterocycles. The number of carbonyl (C=O) groups is 2. The third-order valence-electron chi connectivity index (χ3n) is 5.17. The third kappa shape index (κ3) is 6.61. The van der Waals surface area contributed by atoms with Gasteiger partial charge in [0.1, 0.15) is 11.8 Å². The van der Waals surface area contributed by atoms with E-state index in [0.717, 1.165) is 16.7 Å². The predicted molar refractivity (Wildman–Crippen MR) is 120 cm³/mol. The maximum Gasteiger partial charge on any atom is 0.261 e. The average molecular weight is 411 g/mol. The second kappa shape index (κ2) is 11.4. The van der Waals surface area contributed by atoms with Crippen molar-refractivity contribution in [1.29, 1.82) is 0 Å². The van der Waals surface area contributed by atoms with E-state index in [9.17, 15) is 9.59 Å². The van der Waals surface area contributed by atoms with Crippen molar-refractivity contribution < 1.29 is 14.3 Å². The van der Waals surface area contributed by atoms with Gasteiger partial charge in [0, 0.05) is 13.1 Å². The average Bonchev–Trinajstić information content (AvgIpc) is 2.73. The molecule has 0 bridgehead atoms. The Morgan fingerprint density at radius 1 is 1.03 bits per heavy atom. The van der Waals surface area contributed by atoms with E-state index < -0.39 is 6.04 Å². The molecule has 0 aromatic heterocycles. The molecule has 0 heterocycles. The Kier molecular flexibility index (Phi) is 8.90. The lowest BCUT2D eigenvalue weighted by Crippen LogP contribution is -2.50. The quantitative estimate of drug-likeness (QED) is 0.637. The van der Waals surface area contributed by atoms with Crippen molar-refractivity contribution in [2.75, 3.05) is 13.2 Å². The zero-order chi connectivity index (χ0) is 22.1. The number of hydrogen-bond donors (Lipinski definition) is 1. The number of amides is 2. The molecule has 0 saturated carbocycles. The molecule has 162 valence electrons. The molecule has 0 aliphatic rings. The molecule has 2 rings (SSSR count). The number of benzene rings is 2. The Morgan fingerprint density at radius 2 is 1.73 bits per heavy atom. The summed E-state index contributed by atoms with van der Waals surface area (Å²) in [6.45, 7) is 10.9. The summed E-state index contributed by atoms with van der Waals surface area (Å²) in [5, 5.41) is 2.97. The van der Waals surface area contributed by atoms with Crippen LogP contribution in [0.2, 0.25) is 0 Å². The van der Waals surface area contributed by atoms with Crippen LogP contribution in [0.3, 0.4) is 0 Å². The molecule has 0 fully saturated rings. The number of nitrogens with one attached hydrogen (secondary N) is 1. The van der Waals surface area contributed by atoms with Crippen LogP contribution in [0.15, 0.2) is 48.5 Å². The Balaban J connectivity index is 2.19. The van der Waals surface area contributed by atoms with Crippen LogP contribution in [0.4, 0.5) is 0 Å². The summed E-state index contributed by atoms with van der Waals surface area (Å²) in [7, 11) is 0. The van der Waals surface area contributed by atoms with Crippen LogP contribution in [-0.4, -0.2) is 35.9 Å². The first-order chi connectivity index (χ1) is 14.3. The van der Waals surface area contributed by atoms with Crippen molar-refractivity contribution in [2.24, 2.45) is 5.92 Å². The summed E-state index contributed by atoms with van der Waals surface area (Å²) in [6, 6.07) is 15.0. The maximum atomic E-state index is 13.2. The molecule has 0 spiro atoms. The molecular formula is C25H34N2O3. The highest BCUT2D eigenvalue weighted by molar-refractivity contribution is 5.88. The molecule has 1 atom stereocenters. The SMILES string of the molecule is CC[C@@H](C(=O)NCC(C)C)N(Cc1ccccc1)C(=O)COc1cccc(C)c1C. The van der Waals surface area contributed by atoms with Gasteiger partial charge >= 0.3 is 0 Å². The molecule has 5 nitrogen and oxygen atoms in total. The van der Waals surface area contributed by atoms with Crippen molar-refractivity contribution in [3.8, 4) is 5.75 Å². The summed E-state index contributed by atoms with van der Waals surface area (Å²) in [4.78, 5) is 27.7. The van der Waals surface area contributed by atoms with E-state index in [0.29, 0.717) is 31.2 Å². The van der Waals surface area contributed by atoms with E-state index in [4.69, 9.17) is 4.74 Å². The Morgan fingerprint density at radius 3 is 2.37 bits per heavy atom. The van der Waals surface area contributed by atoms with E-state index >= 15 is 0 Å². The molecule has 5 heteroatoms. The van der Waals surface area contributed by atoms with Crippen molar-refractivity contribution in [3.05, 3.63) is 65.2 Å². The normalized spacial score (nSPS) is 11.8. The largest absolute Gasteiger partial charge is 0.483 e. The van der Waals surface area contributed by atoms with Gasteiger partial charge in [0.15, 0.2) is 6.61 Å². The zero-order valence-electron chi connectivity index (χ0n) is 18.8. The van der Waals surface area contributed by atoms with E-state index in [1.807, 2.05) is 83.1 Å². The minimum atomic E-state index is -0.543. The van der Waals surface area contributed by atoms with Gasteiger partial charge in [-0.3, -0.25) is 9.59 Å². The van der Waals surface area contributed by atoms with E-state index in [1.54, 1.807) is 4.90 Å². The van der Waals surface area contributed by atoms with Crippen LogP contribution in [0, 0.1) is 19.8 Å². The number of aryl methyl sites for hydroxylation is 1. The zero-order valence-corrected chi connectivity index (χ0v) is 18.8. The molecule has 2 aromatic rings. The Bertz CT molecular complexity index is 834. The molecule has 30 heavy (non-hydrogen) atoms. The van der Waals surface area contributed by atoms with Gasteiger partial charge in [-0.05, 0) is 48.9 Å². The van der Waals surface area contributed by atoms with Crippen molar-refractivity contribution in [3.63, 3.8) is 0 Å². The van der Waals surface area contributed by atoms with Crippen LogP contribution in [-0.2, 0) is 16.1 Å². The summed E-state index contributed by atoms with van der Waals surface area (Å²) < 4.78 is 5.85. The van der Waals surface area contributed by atoms with Crippen molar-refractivity contribution in [2.45, 2.75) is 53.6 Å². The molecule has 0 saturated heterocycles. The van der Waals surface area contributed by atoms with Gasteiger partial charge in [0.05, 0.1) is 0 Å². The lowest BCUT2D eigenvalue weighted by molar-refractivity contribution is -0.143. The first kappa shape index (κ1) is 23.5. The number of hydrogen-bond acceptors (Lipinski definition) is 3. The summed E-state index contributed by atoms with van der Waals surface area (Å²) >= 11 is 0. The van der Waals surface area contributed by atoms with Gasteiger partial charge in [-0.1, -0.05) is 63.2 Å². The number of ether oxygens (including phenoxy) is 1. The fourth-order valence-corrected chi connectivity index (χ4v) is 3.23. The van der Waals surface area contributed by atoms with Gasteiger partial charge < -0.3 is 15.0 Å². The third-order valence-corrected chi connectivity index (χ3v) is 5.17. The van der Waals surface area contributed by atoms with Crippen LogP contribution in [0.25, 0.3) is 0 Å². The summed E-state index contributed by atoms with van der Waals surface area (Å²) in [5.74, 6) is 0.714. The van der Waals surface area contributed by atoms with Crippen LogP contribution in [0.1, 0.15) is 43.9 Å². The van der Waals surface area contributed by atoms with Crippen molar-refractivity contribution >= 4 is 11.8 Å². The summed E-state index contributed by atoms with van der Waals surface area (Å²) in [6.07, 6.45) is 0.534. The maximum absolute atomic E-state index is 13.2. The first-order valence-electron chi connectivity index (χ1n) is 10.6. The van der Waals surface area contributed by atoms with E-state index in [2.05, 4.69) is 5.32 Å². The molecule has 2 aromatic carbocycles. The van der Waals surface area contributed by atoms with Gasteiger partial charge in [0.25, 0.3) is 5.91 Å². The minimum Gasteiger partial charge on any atom is -0.483 e. The second-order valence-corrected chi connectivity index (χ2v) is 8.06. The number of nitrogens with zero attached hydrogens (tertiary/aromatic N) is 1. The van der Waals surface area contributed by atoms with Crippen LogP contribution in [0.5, 0.6) is 5.75 Å². The fraction of sp³-hybridized carbons (Fsp3) is 0.440. The smallest absolute Gasteiger partial charge is 0.261 e. The highest BCUT2D eigenvalue weighted by atomic mass is 16.5. The fourth-order valence-electron chi connectivity index (χ4n) is 3.23. The van der Waals surface area contributed by atoms with Gasteiger partial charge in [-0.15, -0.1) is 0 Å². The van der Waals surface area contributed by atoms with Gasteiger partial charge in [-0.25, -0.2) is 0 Å². The van der Waals surface area contributed by atoms with Crippen LogP contribution >= 0.6 is 0 Å². The Hall–Kier alpha value is -2.82. The first-order valence-corrected chi connectivity index (χ1v) is 10.6. The molecule has 2 amide bonds. The Labute approximate surface area is 180 Å². The lowest BCUT2D eigenvalue weighted by atomic mass is 10.1. The second-order valence-electron chi connectivity index (χ2n) is 8.06. The molecule has 0 unspecified atom stereocenters. The predicted octanol–water partition coefficient (Wildman–Crippen LogP) is 4.26. The molecule has 0 aliphatic carbocycles. The van der Waals surface area contributed by atoms with Crippen molar-refractivity contribution in [1.82, 2.24) is 10.2 Å². The highest BCUT2D eigenvalue weighted by Crippen LogP contribution is 2.21. The molecular weight excluding hydrogens is 376 g/mol. The lowest BCUT2D eigenvalue weighted by Gasteiger charge is -2.31. The van der Waals surface area contributed by atoms with Gasteiger partial charge in [0.2, 0.25) is 5.91 Å². The number of rotatable bonds is 10. The van der Waals surface area contributed by atoms with E-state index in [1.165, 1.54) is 0 Å².